The van der Waals surface area contributed by atoms with E-state index >= 15 is 0 Å². The van der Waals surface area contributed by atoms with Crippen LogP contribution in [0.2, 0.25) is 0 Å². The zero-order valence-corrected chi connectivity index (χ0v) is 20.5. The van der Waals surface area contributed by atoms with Crippen molar-refractivity contribution in [2.45, 2.75) is 32.8 Å². The highest BCUT2D eigenvalue weighted by Gasteiger charge is 2.08. The molecule has 0 saturated heterocycles. The number of nitrogens with zero attached hydrogens (tertiary/aromatic N) is 2. The number of hydrogen-bond acceptors (Lipinski definition) is 7. The lowest BCUT2D eigenvalue weighted by molar-refractivity contribution is -0.384. The summed E-state index contributed by atoms with van der Waals surface area (Å²) < 4.78 is 16.5. The first-order valence-corrected chi connectivity index (χ1v) is 11.4. The Kier molecular flexibility index (Phi) is 9.39. The van der Waals surface area contributed by atoms with Gasteiger partial charge in [-0.1, -0.05) is 12.1 Å². The summed E-state index contributed by atoms with van der Waals surface area (Å²) in [6, 6.07) is 17.4. The van der Waals surface area contributed by atoms with Gasteiger partial charge in [0.25, 0.3) is 5.69 Å². The van der Waals surface area contributed by atoms with E-state index in [-0.39, 0.29) is 18.2 Å². The molecule has 0 saturated carbocycles. The lowest BCUT2D eigenvalue weighted by atomic mass is 10.1. The van der Waals surface area contributed by atoms with Crippen molar-refractivity contribution in [2.75, 3.05) is 14.2 Å². The van der Waals surface area contributed by atoms with E-state index in [0.717, 1.165) is 34.4 Å². The molecule has 0 unspecified atom stereocenters. The summed E-state index contributed by atoms with van der Waals surface area (Å²) in [7, 11) is 3.18. The van der Waals surface area contributed by atoms with Crippen molar-refractivity contribution in [3.05, 3.63) is 93.0 Å². The Balaban J connectivity index is 1.47. The van der Waals surface area contributed by atoms with Crippen molar-refractivity contribution in [3.8, 4) is 17.2 Å². The molecule has 0 fully saturated rings. The molecule has 1 N–H and O–H groups in total. The van der Waals surface area contributed by atoms with Gasteiger partial charge in [0.1, 0.15) is 12.4 Å². The number of non-ortho nitro benzene ring substituents is 1. The van der Waals surface area contributed by atoms with Crippen LogP contribution < -0.4 is 19.6 Å². The molecule has 0 radical (unpaired) electrons. The summed E-state index contributed by atoms with van der Waals surface area (Å²) in [6.45, 7) is 2.23. The fourth-order valence-electron chi connectivity index (χ4n) is 3.54. The molecule has 0 bridgehead atoms. The number of hydrogen-bond donors (Lipinski definition) is 1. The molecule has 0 aliphatic heterocycles. The number of carbonyl (C=O) groups excluding carboxylic acids is 1. The highest BCUT2D eigenvalue weighted by Crippen LogP contribution is 2.28. The molecular weight excluding hydrogens is 462 g/mol. The zero-order valence-electron chi connectivity index (χ0n) is 20.5. The molecule has 0 aromatic heterocycles. The summed E-state index contributed by atoms with van der Waals surface area (Å²) in [4.78, 5) is 22.4. The number of rotatable bonds is 12. The first kappa shape index (κ1) is 26.2. The number of aryl methyl sites for hydroxylation is 2. The van der Waals surface area contributed by atoms with Gasteiger partial charge >= 0.3 is 0 Å². The predicted molar refractivity (Wildman–Crippen MR) is 137 cm³/mol. The van der Waals surface area contributed by atoms with Crippen molar-refractivity contribution in [3.63, 3.8) is 0 Å². The average Bonchev–Trinajstić information content (AvgIpc) is 2.88. The molecule has 0 aliphatic rings. The van der Waals surface area contributed by atoms with Gasteiger partial charge in [-0.05, 0) is 78.4 Å². The second-order valence-electron chi connectivity index (χ2n) is 8.07. The Morgan fingerprint density at radius 3 is 2.33 bits per heavy atom. The second-order valence-corrected chi connectivity index (χ2v) is 8.07. The first-order valence-electron chi connectivity index (χ1n) is 11.4. The van der Waals surface area contributed by atoms with Crippen molar-refractivity contribution in [1.82, 2.24) is 5.43 Å². The van der Waals surface area contributed by atoms with Gasteiger partial charge in [-0.15, -0.1) is 0 Å². The Hall–Kier alpha value is -4.40. The third kappa shape index (κ3) is 7.56. The summed E-state index contributed by atoms with van der Waals surface area (Å²) in [5, 5.41) is 14.8. The van der Waals surface area contributed by atoms with Gasteiger partial charge in [0.05, 0.1) is 25.4 Å². The van der Waals surface area contributed by atoms with Crippen molar-refractivity contribution < 1.29 is 23.9 Å². The number of methoxy groups -OCH3 is 2. The number of benzene rings is 3. The van der Waals surface area contributed by atoms with Gasteiger partial charge in [0, 0.05) is 18.6 Å². The molecule has 0 heterocycles. The van der Waals surface area contributed by atoms with E-state index in [1.807, 2.05) is 19.1 Å². The molecule has 3 rings (SSSR count). The van der Waals surface area contributed by atoms with E-state index in [2.05, 4.69) is 16.6 Å². The highest BCUT2D eigenvalue weighted by molar-refractivity contribution is 5.83. The van der Waals surface area contributed by atoms with Gasteiger partial charge in [0.2, 0.25) is 5.91 Å². The lowest BCUT2D eigenvalue weighted by Gasteiger charge is -2.11. The van der Waals surface area contributed by atoms with Gasteiger partial charge in [-0.25, -0.2) is 5.43 Å². The van der Waals surface area contributed by atoms with E-state index in [1.165, 1.54) is 25.5 Å². The minimum absolute atomic E-state index is 0.0272. The smallest absolute Gasteiger partial charge is 0.269 e. The maximum atomic E-state index is 12.1. The third-order valence-corrected chi connectivity index (χ3v) is 5.46. The second kappa shape index (κ2) is 12.9. The molecule has 3 aromatic carbocycles. The van der Waals surface area contributed by atoms with E-state index in [1.54, 1.807) is 37.4 Å². The maximum Gasteiger partial charge on any atom is 0.269 e. The SMILES string of the molecule is COc1ccc(CCCC(=O)NN=Cc2ccc(OCc3ccc([N+](=O)[O-])cc3)c(OC)c2)cc1C. The van der Waals surface area contributed by atoms with Crippen LogP contribution in [0.4, 0.5) is 5.69 Å². The molecule has 0 spiro atoms. The van der Waals surface area contributed by atoms with Crippen LogP contribution in [0.15, 0.2) is 65.8 Å². The standard InChI is InChI=1S/C27H29N3O6/c1-19-15-20(9-13-24(19)34-2)5-4-6-27(31)29-28-17-22-10-14-25(26(16-22)35-3)36-18-21-7-11-23(12-8-21)30(32)33/h7-17H,4-6,18H2,1-3H3,(H,29,31). The van der Waals surface area contributed by atoms with Crippen molar-refractivity contribution in [2.24, 2.45) is 5.10 Å². The van der Waals surface area contributed by atoms with Gasteiger partial charge in [0.15, 0.2) is 11.5 Å². The fourth-order valence-corrected chi connectivity index (χ4v) is 3.54. The van der Waals surface area contributed by atoms with Crippen molar-refractivity contribution in [1.29, 1.82) is 0 Å². The molecule has 9 nitrogen and oxygen atoms in total. The molecule has 36 heavy (non-hydrogen) atoms. The van der Waals surface area contributed by atoms with Crippen LogP contribution in [0.3, 0.4) is 0 Å². The number of nitrogens with one attached hydrogen (secondary N) is 1. The Morgan fingerprint density at radius 1 is 0.972 bits per heavy atom. The molecular formula is C27H29N3O6. The minimum Gasteiger partial charge on any atom is -0.496 e. The summed E-state index contributed by atoms with van der Waals surface area (Å²) in [5.41, 5.74) is 6.32. The van der Waals surface area contributed by atoms with Crippen LogP contribution in [0, 0.1) is 17.0 Å². The topological polar surface area (TPSA) is 112 Å². The largest absolute Gasteiger partial charge is 0.496 e. The number of amides is 1. The van der Waals surface area contributed by atoms with E-state index in [9.17, 15) is 14.9 Å². The molecule has 188 valence electrons. The number of nitro groups is 1. The van der Waals surface area contributed by atoms with E-state index in [0.29, 0.717) is 24.3 Å². The number of carbonyl (C=O) groups is 1. The van der Waals surface area contributed by atoms with Crippen LogP contribution in [0.1, 0.15) is 35.1 Å². The van der Waals surface area contributed by atoms with Crippen molar-refractivity contribution >= 4 is 17.8 Å². The van der Waals surface area contributed by atoms with Gasteiger partial charge in [-0.3, -0.25) is 14.9 Å². The van der Waals surface area contributed by atoms with Crippen LogP contribution >= 0.6 is 0 Å². The molecule has 0 atom stereocenters. The lowest BCUT2D eigenvalue weighted by Crippen LogP contribution is -2.17. The quantitative estimate of drug-likeness (QED) is 0.217. The fraction of sp³-hybridized carbons (Fsp3) is 0.259. The Morgan fingerprint density at radius 2 is 1.67 bits per heavy atom. The third-order valence-electron chi connectivity index (χ3n) is 5.46. The highest BCUT2D eigenvalue weighted by atomic mass is 16.6. The Bertz CT molecular complexity index is 1220. The van der Waals surface area contributed by atoms with Crippen LogP contribution in [0.5, 0.6) is 17.2 Å². The zero-order chi connectivity index (χ0) is 25.9. The van der Waals surface area contributed by atoms with E-state index < -0.39 is 4.92 Å². The average molecular weight is 492 g/mol. The number of nitro benzene ring substituents is 1. The van der Waals surface area contributed by atoms with Gasteiger partial charge < -0.3 is 14.2 Å². The summed E-state index contributed by atoms with van der Waals surface area (Å²) in [6.07, 6.45) is 3.40. The molecule has 1 amide bonds. The summed E-state index contributed by atoms with van der Waals surface area (Å²) >= 11 is 0. The van der Waals surface area contributed by atoms with Gasteiger partial charge in [-0.2, -0.15) is 5.10 Å². The monoisotopic (exact) mass is 491 g/mol. The number of ether oxygens (including phenoxy) is 3. The molecule has 9 heteroatoms. The Labute approximate surface area is 209 Å². The van der Waals surface area contributed by atoms with Crippen LogP contribution in [-0.4, -0.2) is 31.3 Å². The van der Waals surface area contributed by atoms with Crippen LogP contribution in [0.25, 0.3) is 0 Å². The number of hydrazone groups is 1. The van der Waals surface area contributed by atoms with E-state index in [4.69, 9.17) is 14.2 Å². The normalized spacial score (nSPS) is 10.8. The molecule has 3 aromatic rings. The minimum atomic E-state index is -0.445. The predicted octanol–water partition coefficient (Wildman–Crippen LogP) is 4.97. The summed E-state index contributed by atoms with van der Waals surface area (Å²) in [5.74, 6) is 1.71. The van der Waals surface area contributed by atoms with Crippen LogP contribution in [-0.2, 0) is 17.8 Å². The first-order chi connectivity index (χ1) is 17.4. The maximum absolute atomic E-state index is 12.1. The molecule has 0 aliphatic carbocycles.